The molecule has 2 aromatic heterocycles. The zero-order valence-corrected chi connectivity index (χ0v) is 16.2. The van der Waals surface area contributed by atoms with Gasteiger partial charge in [-0.3, -0.25) is 0 Å². The Labute approximate surface area is 170 Å². The van der Waals surface area contributed by atoms with Gasteiger partial charge in [-0.1, -0.05) is 17.7 Å². The van der Waals surface area contributed by atoms with E-state index in [0.29, 0.717) is 11.3 Å². The van der Waals surface area contributed by atoms with E-state index in [4.69, 9.17) is 16.3 Å². The summed E-state index contributed by atoms with van der Waals surface area (Å²) in [6, 6.07) is 10.6. The van der Waals surface area contributed by atoms with Crippen LogP contribution in [-0.2, 0) is 6.18 Å². The minimum atomic E-state index is -4.57. The van der Waals surface area contributed by atoms with Crippen LogP contribution < -0.4 is 9.64 Å². The van der Waals surface area contributed by atoms with Gasteiger partial charge in [0.1, 0.15) is 11.6 Å². The summed E-state index contributed by atoms with van der Waals surface area (Å²) < 4.78 is 44.5. The molecule has 0 spiro atoms. The van der Waals surface area contributed by atoms with Gasteiger partial charge in [-0.25, -0.2) is 15.0 Å². The van der Waals surface area contributed by atoms with Crippen LogP contribution in [0.3, 0.4) is 0 Å². The average molecular weight is 421 g/mol. The quantitative estimate of drug-likeness (QED) is 0.372. The smallest absolute Gasteiger partial charge is 0.417 e. The number of pyridine rings is 2. The van der Waals surface area contributed by atoms with E-state index in [2.05, 4.69) is 15.0 Å². The van der Waals surface area contributed by atoms with E-state index in [9.17, 15) is 13.2 Å². The van der Waals surface area contributed by atoms with Gasteiger partial charge in [-0.2, -0.15) is 13.2 Å². The van der Waals surface area contributed by atoms with Crippen LogP contribution in [0.25, 0.3) is 0 Å². The number of anilines is 1. The molecule has 0 fully saturated rings. The molecule has 0 atom stereocenters. The van der Waals surface area contributed by atoms with Crippen LogP contribution in [0.1, 0.15) is 11.1 Å². The van der Waals surface area contributed by atoms with Gasteiger partial charge in [-0.05, 0) is 43.3 Å². The summed E-state index contributed by atoms with van der Waals surface area (Å²) in [6.45, 7) is 1.73. The molecule has 5 nitrogen and oxygen atoms in total. The van der Waals surface area contributed by atoms with Crippen molar-refractivity contribution in [1.82, 2.24) is 9.97 Å². The van der Waals surface area contributed by atoms with Crippen molar-refractivity contribution in [3.63, 3.8) is 0 Å². The summed E-state index contributed by atoms with van der Waals surface area (Å²) in [4.78, 5) is 14.4. The first-order valence-electron chi connectivity index (χ1n) is 8.43. The van der Waals surface area contributed by atoms with Gasteiger partial charge in [0.2, 0.25) is 5.88 Å². The lowest BCUT2D eigenvalue weighted by molar-refractivity contribution is -0.137. The molecule has 0 aliphatic heterocycles. The molecule has 9 heteroatoms. The topological polar surface area (TPSA) is 50.6 Å². The SMILES string of the molecule is Cc1cc(/N=C/N(C)c2ccccn2)cnc1Oc1ccc(Cl)c(C(F)(F)F)c1. The molecule has 0 saturated carbocycles. The van der Waals surface area contributed by atoms with Gasteiger partial charge in [0.05, 0.1) is 28.8 Å². The zero-order chi connectivity index (χ0) is 21.0. The molecule has 0 unspecified atom stereocenters. The van der Waals surface area contributed by atoms with Crippen molar-refractivity contribution in [2.45, 2.75) is 13.1 Å². The molecule has 0 aliphatic rings. The number of aliphatic imine (C=N–C) groups is 1. The average Bonchev–Trinajstić information content (AvgIpc) is 2.69. The maximum absolute atomic E-state index is 13.0. The Morgan fingerprint density at radius 3 is 2.59 bits per heavy atom. The molecule has 0 bridgehead atoms. The number of aromatic nitrogens is 2. The van der Waals surface area contributed by atoms with E-state index in [1.54, 1.807) is 30.4 Å². The van der Waals surface area contributed by atoms with E-state index < -0.39 is 16.8 Å². The number of hydrogen-bond acceptors (Lipinski definition) is 4. The third-order valence-corrected chi connectivity index (χ3v) is 4.19. The fourth-order valence-corrected chi connectivity index (χ4v) is 2.62. The lowest BCUT2D eigenvalue weighted by atomic mass is 10.2. The summed E-state index contributed by atoms with van der Waals surface area (Å²) >= 11 is 5.62. The van der Waals surface area contributed by atoms with E-state index >= 15 is 0 Å². The largest absolute Gasteiger partial charge is 0.439 e. The second-order valence-electron chi connectivity index (χ2n) is 6.10. The fraction of sp³-hybridized carbons (Fsp3) is 0.150. The van der Waals surface area contributed by atoms with Gasteiger partial charge in [-0.15, -0.1) is 0 Å². The minimum Gasteiger partial charge on any atom is -0.439 e. The molecule has 0 aliphatic carbocycles. The van der Waals surface area contributed by atoms with Crippen LogP contribution in [0.2, 0.25) is 5.02 Å². The van der Waals surface area contributed by atoms with Crippen LogP contribution in [0.15, 0.2) is 59.9 Å². The number of rotatable bonds is 5. The van der Waals surface area contributed by atoms with Crippen molar-refractivity contribution in [1.29, 1.82) is 0 Å². The maximum Gasteiger partial charge on any atom is 0.417 e. The van der Waals surface area contributed by atoms with Gasteiger partial charge in [0.25, 0.3) is 0 Å². The van der Waals surface area contributed by atoms with Gasteiger partial charge in [0.15, 0.2) is 0 Å². The highest BCUT2D eigenvalue weighted by Gasteiger charge is 2.33. The Bertz CT molecular complexity index is 1030. The van der Waals surface area contributed by atoms with Crippen LogP contribution in [0, 0.1) is 6.92 Å². The highest BCUT2D eigenvalue weighted by atomic mass is 35.5. The first-order valence-corrected chi connectivity index (χ1v) is 8.81. The van der Waals surface area contributed by atoms with Gasteiger partial charge in [0, 0.05) is 18.8 Å². The lowest BCUT2D eigenvalue weighted by Crippen LogP contribution is -2.15. The fourth-order valence-electron chi connectivity index (χ4n) is 2.40. The third-order valence-electron chi connectivity index (χ3n) is 3.86. The summed E-state index contributed by atoms with van der Waals surface area (Å²) in [6.07, 6.45) is 0.162. The third kappa shape index (κ3) is 5.23. The van der Waals surface area contributed by atoms with Gasteiger partial charge >= 0.3 is 6.18 Å². The van der Waals surface area contributed by atoms with E-state index in [1.165, 1.54) is 12.3 Å². The zero-order valence-electron chi connectivity index (χ0n) is 15.5. The second-order valence-corrected chi connectivity index (χ2v) is 6.51. The monoisotopic (exact) mass is 420 g/mol. The maximum atomic E-state index is 13.0. The first-order chi connectivity index (χ1) is 13.7. The van der Waals surface area contributed by atoms with Crippen LogP contribution >= 0.6 is 11.6 Å². The molecule has 3 aromatic rings. The number of benzene rings is 1. The number of nitrogens with zero attached hydrogens (tertiary/aromatic N) is 4. The molecule has 0 N–H and O–H groups in total. The Kier molecular flexibility index (Phi) is 6.03. The van der Waals surface area contributed by atoms with Crippen molar-refractivity contribution in [3.05, 3.63) is 71.0 Å². The van der Waals surface area contributed by atoms with E-state index in [1.807, 2.05) is 25.2 Å². The molecule has 2 heterocycles. The first kappa shape index (κ1) is 20.6. The van der Waals surface area contributed by atoms with Crippen molar-refractivity contribution >= 4 is 29.4 Å². The molecule has 0 saturated heterocycles. The van der Waals surface area contributed by atoms with Crippen molar-refractivity contribution in [3.8, 4) is 11.6 Å². The number of hydrogen-bond donors (Lipinski definition) is 0. The Hall–Kier alpha value is -3.13. The summed E-state index contributed by atoms with van der Waals surface area (Å²) in [5, 5.41) is -0.392. The Morgan fingerprint density at radius 2 is 1.93 bits per heavy atom. The van der Waals surface area contributed by atoms with Crippen molar-refractivity contribution in [2.75, 3.05) is 11.9 Å². The molecule has 0 amide bonds. The second kappa shape index (κ2) is 8.48. The van der Waals surface area contributed by atoms with Crippen molar-refractivity contribution < 1.29 is 17.9 Å². The minimum absolute atomic E-state index is 0.0107. The van der Waals surface area contributed by atoms with Crippen LogP contribution in [0.5, 0.6) is 11.6 Å². The number of alkyl halides is 3. The van der Waals surface area contributed by atoms with Crippen LogP contribution in [0.4, 0.5) is 24.7 Å². The molecule has 29 heavy (non-hydrogen) atoms. The normalized spacial score (nSPS) is 11.7. The lowest BCUT2D eigenvalue weighted by Gasteiger charge is -2.13. The van der Waals surface area contributed by atoms with E-state index in [0.717, 1.165) is 18.0 Å². The summed E-state index contributed by atoms with van der Waals surface area (Å²) in [5.74, 6) is 0.894. The Morgan fingerprint density at radius 1 is 1.14 bits per heavy atom. The van der Waals surface area contributed by atoms with E-state index in [-0.39, 0.29) is 11.6 Å². The summed E-state index contributed by atoms with van der Waals surface area (Å²) in [7, 11) is 1.81. The molecule has 3 rings (SSSR count). The number of ether oxygens (including phenoxy) is 1. The molecule has 0 radical (unpaired) electrons. The predicted molar refractivity (Wildman–Crippen MR) is 106 cm³/mol. The van der Waals surface area contributed by atoms with Gasteiger partial charge < -0.3 is 9.64 Å². The van der Waals surface area contributed by atoms with Crippen molar-refractivity contribution in [2.24, 2.45) is 4.99 Å². The number of aryl methyl sites for hydroxylation is 1. The Balaban J connectivity index is 1.76. The highest BCUT2D eigenvalue weighted by Crippen LogP contribution is 2.38. The molecule has 150 valence electrons. The van der Waals surface area contributed by atoms with Crippen LogP contribution in [-0.4, -0.2) is 23.4 Å². The molecular formula is C20H16ClF3N4O. The predicted octanol–water partition coefficient (Wildman–Crippen LogP) is 6.05. The standard InChI is InChI=1S/C20H16ClF3N4O/c1-13-9-14(27-12-28(2)18-5-3-4-8-25-18)11-26-19(13)29-15-6-7-17(21)16(10-15)20(22,23)24/h3-12H,1-2H3/b27-12+. The molecule has 1 aromatic carbocycles. The highest BCUT2D eigenvalue weighted by molar-refractivity contribution is 6.31. The number of halogens is 4. The summed E-state index contributed by atoms with van der Waals surface area (Å²) in [5.41, 5.74) is 0.210. The molecular weight excluding hydrogens is 405 g/mol.